The molecule has 0 aromatic heterocycles. The maximum absolute atomic E-state index is 13.4. The second kappa shape index (κ2) is 7.91. The smallest absolute Gasteiger partial charge is 0.277 e. The molecule has 22 heavy (non-hydrogen) atoms. The first-order valence-electron chi connectivity index (χ1n) is 6.20. The molecule has 2 aromatic carbocycles. The number of hydrazone groups is 1. The third-order valence-corrected chi connectivity index (χ3v) is 3.28. The van der Waals surface area contributed by atoms with Crippen molar-refractivity contribution >= 4 is 39.7 Å². The lowest BCUT2D eigenvalue weighted by atomic mass is 10.2. The summed E-state index contributed by atoms with van der Waals surface area (Å²) in [5.74, 6) is -0.373. The Morgan fingerprint density at radius 1 is 1.32 bits per heavy atom. The van der Waals surface area contributed by atoms with Crippen LogP contribution in [0.1, 0.15) is 5.56 Å². The van der Waals surface area contributed by atoms with Gasteiger partial charge < -0.3 is 4.74 Å². The molecule has 114 valence electrons. The number of ether oxygens (including phenoxy) is 1. The summed E-state index contributed by atoms with van der Waals surface area (Å²) in [5.41, 5.74) is 2.51. The van der Waals surface area contributed by atoms with E-state index in [0.29, 0.717) is 15.2 Å². The number of rotatable bonds is 5. The molecule has 0 aliphatic heterocycles. The SMILES string of the molecule is O=C(COc1ccc(Cl)cc1)N/N=C\c1cc(Br)ccc1F. The van der Waals surface area contributed by atoms with Gasteiger partial charge in [0.2, 0.25) is 0 Å². The molecule has 0 radical (unpaired) electrons. The van der Waals surface area contributed by atoms with Crippen LogP contribution in [0.15, 0.2) is 52.0 Å². The van der Waals surface area contributed by atoms with Crippen molar-refractivity contribution in [2.45, 2.75) is 0 Å². The first kappa shape index (κ1) is 16.5. The Labute approximate surface area is 140 Å². The molecule has 0 fully saturated rings. The summed E-state index contributed by atoms with van der Waals surface area (Å²) in [6.45, 7) is -0.208. The van der Waals surface area contributed by atoms with Crippen molar-refractivity contribution in [3.8, 4) is 5.75 Å². The van der Waals surface area contributed by atoms with Crippen molar-refractivity contribution in [3.63, 3.8) is 0 Å². The van der Waals surface area contributed by atoms with Crippen molar-refractivity contribution in [1.29, 1.82) is 0 Å². The number of amides is 1. The molecule has 2 rings (SSSR count). The summed E-state index contributed by atoms with van der Waals surface area (Å²) in [6.07, 6.45) is 1.22. The monoisotopic (exact) mass is 384 g/mol. The molecule has 0 bridgehead atoms. The average Bonchev–Trinajstić information content (AvgIpc) is 2.50. The van der Waals surface area contributed by atoms with Crippen LogP contribution in [0, 0.1) is 5.82 Å². The molecular weight excluding hydrogens is 375 g/mol. The van der Waals surface area contributed by atoms with E-state index in [9.17, 15) is 9.18 Å². The second-order valence-corrected chi connectivity index (χ2v) is 5.55. The number of halogens is 3. The van der Waals surface area contributed by atoms with Gasteiger partial charge >= 0.3 is 0 Å². The van der Waals surface area contributed by atoms with E-state index in [1.807, 2.05) is 0 Å². The molecule has 0 saturated carbocycles. The first-order chi connectivity index (χ1) is 10.5. The fourth-order valence-corrected chi connectivity index (χ4v) is 2.00. The molecule has 0 spiro atoms. The Morgan fingerprint density at radius 2 is 2.05 bits per heavy atom. The summed E-state index contributed by atoms with van der Waals surface area (Å²) < 4.78 is 19.4. The predicted molar refractivity (Wildman–Crippen MR) is 86.8 cm³/mol. The number of carbonyl (C=O) groups is 1. The Morgan fingerprint density at radius 3 is 2.77 bits per heavy atom. The van der Waals surface area contributed by atoms with E-state index in [-0.39, 0.29) is 12.2 Å². The molecule has 0 aliphatic carbocycles. The van der Waals surface area contributed by atoms with Gasteiger partial charge in [-0.1, -0.05) is 27.5 Å². The van der Waals surface area contributed by atoms with Gasteiger partial charge in [0, 0.05) is 15.1 Å². The van der Waals surface area contributed by atoms with Crippen molar-refractivity contribution in [2.75, 3.05) is 6.61 Å². The number of hydrogen-bond acceptors (Lipinski definition) is 3. The van der Waals surface area contributed by atoms with Gasteiger partial charge in [0.05, 0.1) is 6.21 Å². The fraction of sp³-hybridized carbons (Fsp3) is 0.0667. The van der Waals surface area contributed by atoms with E-state index >= 15 is 0 Å². The van der Waals surface area contributed by atoms with Crippen LogP contribution in [0.25, 0.3) is 0 Å². The number of hydrogen-bond donors (Lipinski definition) is 1. The molecule has 1 amide bonds. The van der Waals surface area contributed by atoms with Crippen LogP contribution in [0.2, 0.25) is 5.02 Å². The minimum absolute atomic E-state index is 0.208. The topological polar surface area (TPSA) is 50.7 Å². The van der Waals surface area contributed by atoms with Crippen LogP contribution in [-0.4, -0.2) is 18.7 Å². The van der Waals surface area contributed by atoms with Crippen LogP contribution >= 0.6 is 27.5 Å². The fourth-order valence-electron chi connectivity index (χ4n) is 1.50. The third kappa shape index (κ3) is 5.13. The largest absolute Gasteiger partial charge is 0.484 e. The van der Waals surface area contributed by atoms with E-state index in [4.69, 9.17) is 16.3 Å². The van der Waals surface area contributed by atoms with E-state index in [1.165, 1.54) is 12.3 Å². The number of benzene rings is 2. The van der Waals surface area contributed by atoms with E-state index in [0.717, 1.165) is 0 Å². The van der Waals surface area contributed by atoms with E-state index in [2.05, 4.69) is 26.5 Å². The van der Waals surface area contributed by atoms with Crippen molar-refractivity contribution in [1.82, 2.24) is 5.43 Å². The molecule has 7 heteroatoms. The molecule has 0 saturated heterocycles. The Hall–Kier alpha value is -1.92. The van der Waals surface area contributed by atoms with E-state index in [1.54, 1.807) is 36.4 Å². The predicted octanol–water partition coefficient (Wildman–Crippen LogP) is 3.77. The van der Waals surface area contributed by atoms with Crippen molar-refractivity contribution < 1.29 is 13.9 Å². The summed E-state index contributed by atoms with van der Waals surface area (Å²) >= 11 is 8.96. The summed E-state index contributed by atoms with van der Waals surface area (Å²) in [5, 5.41) is 4.26. The highest BCUT2D eigenvalue weighted by atomic mass is 79.9. The summed E-state index contributed by atoms with van der Waals surface area (Å²) in [4.78, 5) is 11.5. The lowest BCUT2D eigenvalue weighted by molar-refractivity contribution is -0.123. The highest BCUT2D eigenvalue weighted by Gasteiger charge is 2.03. The Balaban J connectivity index is 1.83. The van der Waals surface area contributed by atoms with Gasteiger partial charge in [-0.15, -0.1) is 0 Å². The zero-order valence-corrected chi connectivity index (χ0v) is 13.6. The van der Waals surface area contributed by atoms with Gasteiger partial charge in [-0.05, 0) is 42.5 Å². The lowest BCUT2D eigenvalue weighted by Gasteiger charge is -2.04. The maximum atomic E-state index is 13.4. The van der Waals surface area contributed by atoms with Crippen molar-refractivity contribution in [3.05, 3.63) is 63.3 Å². The standard InChI is InChI=1S/C15H11BrClFN2O2/c16-11-1-6-14(18)10(7-11)8-19-20-15(21)9-22-13-4-2-12(17)3-5-13/h1-8H,9H2,(H,20,21)/b19-8-. The van der Waals surface area contributed by atoms with Crippen LogP contribution in [0.4, 0.5) is 4.39 Å². The maximum Gasteiger partial charge on any atom is 0.277 e. The molecule has 0 heterocycles. The average molecular weight is 386 g/mol. The summed E-state index contributed by atoms with van der Waals surface area (Å²) in [6, 6.07) is 11.0. The van der Waals surface area contributed by atoms with Gasteiger partial charge in [0.15, 0.2) is 6.61 Å². The summed E-state index contributed by atoms with van der Waals surface area (Å²) in [7, 11) is 0. The van der Waals surface area contributed by atoms with Gasteiger partial charge in [0.25, 0.3) is 5.91 Å². The number of carbonyl (C=O) groups excluding carboxylic acids is 1. The zero-order valence-electron chi connectivity index (χ0n) is 11.2. The molecule has 0 atom stereocenters. The zero-order chi connectivity index (χ0) is 15.9. The highest BCUT2D eigenvalue weighted by Crippen LogP contribution is 2.15. The van der Waals surface area contributed by atoms with Crippen LogP contribution in [0.3, 0.4) is 0 Å². The number of nitrogens with one attached hydrogen (secondary N) is 1. The quantitative estimate of drug-likeness (QED) is 0.629. The third-order valence-electron chi connectivity index (χ3n) is 2.53. The van der Waals surface area contributed by atoms with Gasteiger partial charge in [-0.3, -0.25) is 4.79 Å². The van der Waals surface area contributed by atoms with Crippen LogP contribution in [0.5, 0.6) is 5.75 Å². The minimum Gasteiger partial charge on any atom is -0.484 e. The molecular formula is C15H11BrClFN2O2. The normalized spacial score (nSPS) is 10.7. The first-order valence-corrected chi connectivity index (χ1v) is 7.37. The molecule has 0 unspecified atom stereocenters. The van der Waals surface area contributed by atoms with Crippen LogP contribution in [-0.2, 0) is 4.79 Å². The Kier molecular flexibility index (Phi) is 5.91. The van der Waals surface area contributed by atoms with Gasteiger partial charge in [0.1, 0.15) is 11.6 Å². The van der Waals surface area contributed by atoms with E-state index < -0.39 is 11.7 Å². The molecule has 2 aromatic rings. The minimum atomic E-state index is -0.457. The second-order valence-electron chi connectivity index (χ2n) is 4.20. The highest BCUT2D eigenvalue weighted by molar-refractivity contribution is 9.10. The van der Waals surface area contributed by atoms with Crippen LogP contribution < -0.4 is 10.2 Å². The molecule has 4 nitrogen and oxygen atoms in total. The van der Waals surface area contributed by atoms with Crippen molar-refractivity contribution in [2.24, 2.45) is 5.10 Å². The lowest BCUT2D eigenvalue weighted by Crippen LogP contribution is -2.24. The van der Waals surface area contributed by atoms with Gasteiger partial charge in [-0.2, -0.15) is 5.10 Å². The number of nitrogens with zero attached hydrogens (tertiary/aromatic N) is 1. The molecule has 1 N–H and O–H groups in total. The molecule has 0 aliphatic rings. The Bertz CT molecular complexity index is 692. The van der Waals surface area contributed by atoms with Gasteiger partial charge in [-0.25, -0.2) is 9.82 Å².